The highest BCUT2D eigenvalue weighted by Crippen LogP contribution is 2.28. The second-order valence-corrected chi connectivity index (χ2v) is 5.54. The van der Waals surface area contributed by atoms with E-state index in [0.29, 0.717) is 0 Å². The Balaban J connectivity index is 2.38. The van der Waals surface area contributed by atoms with Gasteiger partial charge < -0.3 is 9.73 Å². The lowest BCUT2D eigenvalue weighted by Gasteiger charge is -2.16. The molecule has 1 atom stereocenters. The minimum Gasteiger partial charge on any atom is -0.467 e. The van der Waals surface area contributed by atoms with Gasteiger partial charge in [0.15, 0.2) is 0 Å². The van der Waals surface area contributed by atoms with Crippen LogP contribution in [-0.4, -0.2) is 6.54 Å². The number of rotatable bonds is 4. The van der Waals surface area contributed by atoms with Crippen LogP contribution in [0.25, 0.3) is 0 Å². The zero-order chi connectivity index (χ0) is 12.3. The van der Waals surface area contributed by atoms with Gasteiger partial charge in [0.05, 0.1) is 12.3 Å². The summed E-state index contributed by atoms with van der Waals surface area (Å²) in [6.07, 6.45) is 1.70. The Hall–Kier alpha value is -0.580. The normalized spacial score (nSPS) is 12.6. The van der Waals surface area contributed by atoms with Crippen molar-refractivity contribution in [3.63, 3.8) is 0 Å². The topological polar surface area (TPSA) is 25.2 Å². The van der Waals surface area contributed by atoms with Gasteiger partial charge in [-0.05, 0) is 42.4 Å². The quantitative estimate of drug-likeness (QED) is 0.870. The fourth-order valence-corrected chi connectivity index (χ4v) is 3.11. The van der Waals surface area contributed by atoms with Gasteiger partial charge >= 0.3 is 0 Å². The van der Waals surface area contributed by atoms with Gasteiger partial charge in [-0.3, -0.25) is 0 Å². The largest absolute Gasteiger partial charge is 0.467 e. The van der Waals surface area contributed by atoms with Gasteiger partial charge in [0, 0.05) is 8.95 Å². The molecule has 90 valence electrons. The Morgan fingerprint density at radius 1 is 1.24 bits per heavy atom. The minimum absolute atomic E-state index is 0.0869. The zero-order valence-corrected chi connectivity index (χ0v) is 12.6. The summed E-state index contributed by atoms with van der Waals surface area (Å²) < 4.78 is 7.59. The molecule has 1 unspecified atom stereocenters. The van der Waals surface area contributed by atoms with E-state index in [1.165, 1.54) is 5.56 Å². The van der Waals surface area contributed by atoms with Crippen LogP contribution in [0.15, 0.2) is 50.0 Å². The van der Waals surface area contributed by atoms with Gasteiger partial charge in [-0.2, -0.15) is 0 Å². The van der Waals surface area contributed by atoms with E-state index >= 15 is 0 Å². The first-order valence-corrected chi connectivity index (χ1v) is 7.02. The molecule has 0 aliphatic rings. The maximum Gasteiger partial charge on any atom is 0.125 e. The number of hydrogen-bond donors (Lipinski definition) is 1. The molecule has 0 amide bonds. The Morgan fingerprint density at radius 2 is 1.94 bits per heavy atom. The lowest BCUT2D eigenvalue weighted by atomic mass is 10.0. The lowest BCUT2D eigenvalue weighted by molar-refractivity contribution is 0.452. The lowest BCUT2D eigenvalue weighted by Crippen LogP contribution is -2.21. The summed E-state index contributed by atoms with van der Waals surface area (Å²) in [5.41, 5.74) is 1.17. The van der Waals surface area contributed by atoms with Gasteiger partial charge in [-0.15, -0.1) is 0 Å². The second kappa shape index (κ2) is 5.85. The average Bonchev–Trinajstić information content (AvgIpc) is 2.77. The smallest absolute Gasteiger partial charge is 0.125 e. The summed E-state index contributed by atoms with van der Waals surface area (Å²) in [7, 11) is 0. The van der Waals surface area contributed by atoms with Crippen LogP contribution in [0.5, 0.6) is 0 Å². The van der Waals surface area contributed by atoms with Gasteiger partial charge in [-0.1, -0.05) is 38.8 Å². The fraction of sp³-hybridized carbons (Fsp3) is 0.231. The molecule has 1 aromatic heterocycles. The molecule has 1 aromatic carbocycles. The monoisotopic (exact) mass is 357 g/mol. The zero-order valence-electron chi connectivity index (χ0n) is 9.41. The van der Waals surface area contributed by atoms with E-state index in [1.807, 2.05) is 18.2 Å². The van der Waals surface area contributed by atoms with Crippen LogP contribution in [0.3, 0.4) is 0 Å². The summed E-state index contributed by atoms with van der Waals surface area (Å²) in [6, 6.07) is 10.2. The first-order valence-electron chi connectivity index (χ1n) is 5.43. The summed E-state index contributed by atoms with van der Waals surface area (Å²) in [5.74, 6) is 0.928. The molecule has 0 saturated heterocycles. The van der Waals surface area contributed by atoms with Gasteiger partial charge in [0.1, 0.15) is 5.76 Å². The molecule has 1 N–H and O–H groups in total. The Bertz CT molecular complexity index is 462. The highest BCUT2D eigenvalue weighted by molar-refractivity contribution is 9.11. The predicted molar refractivity (Wildman–Crippen MR) is 76.1 cm³/mol. The van der Waals surface area contributed by atoms with Crippen LogP contribution in [0.2, 0.25) is 0 Å². The van der Waals surface area contributed by atoms with E-state index < -0.39 is 0 Å². The summed E-state index contributed by atoms with van der Waals surface area (Å²) >= 11 is 7.01. The first-order chi connectivity index (χ1) is 8.20. The molecule has 0 aliphatic heterocycles. The fourth-order valence-electron chi connectivity index (χ4n) is 1.78. The van der Waals surface area contributed by atoms with Crippen molar-refractivity contribution in [3.05, 3.63) is 56.9 Å². The number of furan rings is 1. The van der Waals surface area contributed by atoms with Crippen molar-refractivity contribution in [3.8, 4) is 0 Å². The standard InChI is InChI=1S/C13H13Br2NO/c1-2-16-13(12-4-3-5-17-12)9-6-10(14)8-11(15)7-9/h3-8,13,16H,2H2,1H3. The third kappa shape index (κ3) is 3.21. The summed E-state index contributed by atoms with van der Waals surface area (Å²) in [4.78, 5) is 0. The molecule has 0 saturated carbocycles. The molecule has 0 aliphatic carbocycles. The first kappa shape index (κ1) is 12.9. The summed E-state index contributed by atoms with van der Waals surface area (Å²) in [6.45, 7) is 2.97. The molecule has 1 heterocycles. The van der Waals surface area contributed by atoms with Gasteiger partial charge in [0.25, 0.3) is 0 Å². The second-order valence-electron chi connectivity index (χ2n) is 3.71. The minimum atomic E-state index is 0.0869. The molecule has 4 heteroatoms. The van der Waals surface area contributed by atoms with Crippen molar-refractivity contribution in [2.24, 2.45) is 0 Å². The van der Waals surface area contributed by atoms with Crippen molar-refractivity contribution in [2.45, 2.75) is 13.0 Å². The van der Waals surface area contributed by atoms with Crippen molar-refractivity contribution >= 4 is 31.9 Å². The van der Waals surface area contributed by atoms with E-state index in [1.54, 1.807) is 6.26 Å². The van der Waals surface area contributed by atoms with E-state index in [4.69, 9.17) is 4.42 Å². The van der Waals surface area contributed by atoms with Crippen LogP contribution >= 0.6 is 31.9 Å². The molecular formula is C13H13Br2NO. The van der Waals surface area contributed by atoms with Gasteiger partial charge in [-0.25, -0.2) is 0 Å². The highest BCUT2D eigenvalue weighted by Gasteiger charge is 2.16. The van der Waals surface area contributed by atoms with Crippen molar-refractivity contribution < 1.29 is 4.42 Å². The molecule has 2 nitrogen and oxygen atoms in total. The molecule has 17 heavy (non-hydrogen) atoms. The summed E-state index contributed by atoms with van der Waals surface area (Å²) in [5, 5.41) is 3.42. The van der Waals surface area contributed by atoms with Crippen LogP contribution in [-0.2, 0) is 0 Å². The molecular weight excluding hydrogens is 346 g/mol. The van der Waals surface area contributed by atoms with Gasteiger partial charge in [0.2, 0.25) is 0 Å². The highest BCUT2D eigenvalue weighted by atomic mass is 79.9. The van der Waals surface area contributed by atoms with Crippen LogP contribution in [0, 0.1) is 0 Å². The third-order valence-corrected chi connectivity index (χ3v) is 3.37. The molecule has 2 aromatic rings. The molecule has 0 fully saturated rings. The molecule has 0 bridgehead atoms. The molecule has 2 rings (SSSR count). The molecule has 0 radical (unpaired) electrons. The molecule has 0 spiro atoms. The Labute approximate surface area is 118 Å². The van der Waals surface area contributed by atoms with E-state index in [0.717, 1.165) is 21.3 Å². The van der Waals surface area contributed by atoms with Crippen LogP contribution in [0.1, 0.15) is 24.3 Å². The van der Waals surface area contributed by atoms with E-state index in [2.05, 4.69) is 56.2 Å². The van der Waals surface area contributed by atoms with Crippen molar-refractivity contribution in [1.29, 1.82) is 0 Å². The Morgan fingerprint density at radius 3 is 2.47 bits per heavy atom. The number of halogens is 2. The predicted octanol–water partition coefficient (Wildman–Crippen LogP) is 4.50. The number of nitrogens with one attached hydrogen (secondary N) is 1. The Kier molecular flexibility index (Phi) is 4.42. The van der Waals surface area contributed by atoms with E-state index in [-0.39, 0.29) is 6.04 Å². The average molecular weight is 359 g/mol. The maximum absolute atomic E-state index is 5.49. The number of benzene rings is 1. The van der Waals surface area contributed by atoms with E-state index in [9.17, 15) is 0 Å². The third-order valence-electron chi connectivity index (χ3n) is 2.45. The maximum atomic E-state index is 5.49. The number of hydrogen-bond acceptors (Lipinski definition) is 2. The van der Waals surface area contributed by atoms with Crippen molar-refractivity contribution in [2.75, 3.05) is 6.54 Å². The SMILES string of the molecule is CCNC(c1cc(Br)cc(Br)c1)c1ccco1. The van der Waals surface area contributed by atoms with Crippen LogP contribution < -0.4 is 5.32 Å². The van der Waals surface area contributed by atoms with Crippen molar-refractivity contribution in [1.82, 2.24) is 5.32 Å². The van der Waals surface area contributed by atoms with Crippen LogP contribution in [0.4, 0.5) is 0 Å².